The van der Waals surface area contributed by atoms with Gasteiger partial charge in [-0.1, -0.05) is 42.8 Å². The first kappa shape index (κ1) is 21.6. The molecule has 0 aromatic heterocycles. The van der Waals surface area contributed by atoms with Crippen LogP contribution < -0.4 is 10.6 Å². The first-order valence-electron chi connectivity index (χ1n) is 9.66. The quantitative estimate of drug-likeness (QED) is 0.466. The van der Waals surface area contributed by atoms with Crippen molar-refractivity contribution in [3.8, 4) is 0 Å². The zero-order chi connectivity index (χ0) is 21.5. The number of amides is 2. The molecule has 0 heterocycles. The van der Waals surface area contributed by atoms with Crippen LogP contribution in [0.25, 0.3) is 0 Å². The minimum Gasteiger partial charge on any atom is -0.323 e. The number of hydrogen-bond donors (Lipinski definition) is 2. The Morgan fingerprint density at radius 3 is 2.40 bits per heavy atom. The van der Waals surface area contributed by atoms with Gasteiger partial charge in [0.05, 0.1) is 10.9 Å². The van der Waals surface area contributed by atoms with Crippen molar-refractivity contribution < 1.29 is 14.0 Å². The van der Waals surface area contributed by atoms with E-state index in [1.807, 2.05) is 44.2 Å². The smallest absolute Gasteiger partial charge is 0.255 e. The maximum atomic E-state index is 13.8. The van der Waals surface area contributed by atoms with Crippen LogP contribution in [0.3, 0.4) is 0 Å². The number of carbonyl (C=O) groups is 2. The number of halogens is 1. The van der Waals surface area contributed by atoms with E-state index in [9.17, 15) is 14.0 Å². The van der Waals surface area contributed by atoms with Crippen LogP contribution in [0.2, 0.25) is 0 Å². The number of rotatable bonds is 7. The highest BCUT2D eigenvalue weighted by molar-refractivity contribution is 8.00. The van der Waals surface area contributed by atoms with Crippen molar-refractivity contribution in [2.24, 2.45) is 0 Å². The highest BCUT2D eigenvalue weighted by atomic mass is 32.2. The molecule has 3 rings (SSSR count). The SMILES string of the molecule is CCC(Sc1cccc(NC(=O)c2ccc(C)cc2)c1)C(=O)Nc1ccccc1F. The second-order valence-corrected chi connectivity index (χ2v) is 8.11. The number of para-hydroxylation sites is 1. The van der Waals surface area contributed by atoms with Crippen molar-refractivity contribution in [3.63, 3.8) is 0 Å². The predicted molar refractivity (Wildman–Crippen MR) is 121 cm³/mol. The average molecular weight is 423 g/mol. The lowest BCUT2D eigenvalue weighted by atomic mass is 10.1. The van der Waals surface area contributed by atoms with Gasteiger partial charge in [-0.2, -0.15) is 0 Å². The standard InChI is InChI=1S/C24H23FN2O2S/c1-3-22(24(29)27-21-10-5-4-9-20(21)25)30-19-8-6-7-18(15-19)26-23(28)17-13-11-16(2)12-14-17/h4-15,22H,3H2,1-2H3,(H,26,28)(H,27,29). The van der Waals surface area contributed by atoms with Gasteiger partial charge in [-0.05, 0) is 55.8 Å². The molecule has 0 aliphatic rings. The molecule has 2 N–H and O–H groups in total. The normalized spacial score (nSPS) is 11.6. The molecular formula is C24H23FN2O2S. The summed E-state index contributed by atoms with van der Waals surface area (Å²) in [5.41, 5.74) is 2.48. The van der Waals surface area contributed by atoms with Gasteiger partial charge in [-0.3, -0.25) is 9.59 Å². The average Bonchev–Trinajstić information content (AvgIpc) is 2.74. The first-order chi connectivity index (χ1) is 14.5. The van der Waals surface area contributed by atoms with E-state index in [1.165, 1.54) is 23.9 Å². The summed E-state index contributed by atoms with van der Waals surface area (Å²) in [7, 11) is 0. The molecule has 30 heavy (non-hydrogen) atoms. The molecule has 6 heteroatoms. The zero-order valence-corrected chi connectivity index (χ0v) is 17.6. The summed E-state index contributed by atoms with van der Waals surface area (Å²) in [5.74, 6) is -0.922. The lowest BCUT2D eigenvalue weighted by Crippen LogP contribution is -2.25. The first-order valence-corrected chi connectivity index (χ1v) is 10.5. The highest BCUT2D eigenvalue weighted by Gasteiger charge is 2.19. The van der Waals surface area contributed by atoms with Gasteiger partial charge in [0.1, 0.15) is 5.82 Å². The molecule has 0 saturated carbocycles. The largest absolute Gasteiger partial charge is 0.323 e. The van der Waals surface area contributed by atoms with Gasteiger partial charge in [0.15, 0.2) is 0 Å². The van der Waals surface area contributed by atoms with Gasteiger partial charge < -0.3 is 10.6 Å². The van der Waals surface area contributed by atoms with Gasteiger partial charge in [0.2, 0.25) is 5.91 Å². The summed E-state index contributed by atoms with van der Waals surface area (Å²) in [6.07, 6.45) is 0.574. The second kappa shape index (κ2) is 10.1. The summed E-state index contributed by atoms with van der Waals surface area (Å²) in [5, 5.41) is 5.14. The fourth-order valence-electron chi connectivity index (χ4n) is 2.82. The molecule has 0 spiro atoms. The van der Waals surface area contributed by atoms with Crippen LogP contribution in [-0.4, -0.2) is 17.1 Å². The lowest BCUT2D eigenvalue weighted by molar-refractivity contribution is -0.115. The third-order valence-corrected chi connectivity index (χ3v) is 5.84. The van der Waals surface area contributed by atoms with Crippen LogP contribution >= 0.6 is 11.8 Å². The molecular weight excluding hydrogens is 399 g/mol. The van der Waals surface area contributed by atoms with E-state index in [4.69, 9.17) is 0 Å². The van der Waals surface area contributed by atoms with E-state index >= 15 is 0 Å². The van der Waals surface area contributed by atoms with E-state index in [1.54, 1.807) is 30.3 Å². The summed E-state index contributed by atoms with van der Waals surface area (Å²) in [6.45, 7) is 3.87. The van der Waals surface area contributed by atoms with Gasteiger partial charge >= 0.3 is 0 Å². The Morgan fingerprint density at radius 2 is 1.70 bits per heavy atom. The molecule has 2 amide bonds. The Morgan fingerprint density at radius 1 is 0.967 bits per heavy atom. The van der Waals surface area contributed by atoms with Crippen molar-refractivity contribution in [3.05, 3.63) is 89.7 Å². The van der Waals surface area contributed by atoms with Gasteiger partial charge in [0.25, 0.3) is 5.91 Å². The lowest BCUT2D eigenvalue weighted by Gasteiger charge is -2.16. The Labute approximate surface area is 179 Å². The molecule has 0 bridgehead atoms. The third kappa shape index (κ3) is 5.70. The van der Waals surface area contributed by atoms with E-state index < -0.39 is 11.1 Å². The van der Waals surface area contributed by atoms with Crippen LogP contribution in [0.5, 0.6) is 0 Å². The molecule has 0 aliphatic heterocycles. The Hall–Kier alpha value is -3.12. The third-order valence-electron chi connectivity index (χ3n) is 4.48. The topological polar surface area (TPSA) is 58.2 Å². The molecule has 4 nitrogen and oxygen atoms in total. The molecule has 1 unspecified atom stereocenters. The fourth-order valence-corrected chi connectivity index (χ4v) is 3.83. The summed E-state index contributed by atoms with van der Waals surface area (Å²) < 4.78 is 13.8. The van der Waals surface area contributed by atoms with Crippen molar-refractivity contribution >= 4 is 35.0 Å². The van der Waals surface area contributed by atoms with Crippen molar-refractivity contribution in [1.82, 2.24) is 0 Å². The van der Waals surface area contributed by atoms with E-state index in [-0.39, 0.29) is 17.5 Å². The van der Waals surface area contributed by atoms with Crippen LogP contribution in [0.4, 0.5) is 15.8 Å². The molecule has 0 fully saturated rings. The van der Waals surface area contributed by atoms with Crippen LogP contribution in [0.15, 0.2) is 77.7 Å². The number of anilines is 2. The second-order valence-electron chi connectivity index (χ2n) is 6.83. The Kier molecular flexibility index (Phi) is 7.25. The number of benzene rings is 3. The molecule has 0 aliphatic carbocycles. The molecule has 3 aromatic rings. The Balaban J connectivity index is 1.67. The molecule has 0 saturated heterocycles. The molecule has 3 aromatic carbocycles. The summed E-state index contributed by atoms with van der Waals surface area (Å²) >= 11 is 1.38. The van der Waals surface area contributed by atoms with Gasteiger partial charge in [-0.15, -0.1) is 11.8 Å². The fraction of sp³-hybridized carbons (Fsp3) is 0.167. The number of carbonyl (C=O) groups excluding carboxylic acids is 2. The maximum absolute atomic E-state index is 13.8. The maximum Gasteiger partial charge on any atom is 0.255 e. The monoisotopic (exact) mass is 422 g/mol. The minimum atomic E-state index is -0.466. The minimum absolute atomic E-state index is 0.167. The predicted octanol–water partition coefficient (Wildman–Crippen LogP) is 5.90. The van der Waals surface area contributed by atoms with Crippen molar-refractivity contribution in [1.29, 1.82) is 0 Å². The molecule has 1 atom stereocenters. The van der Waals surface area contributed by atoms with E-state index in [0.29, 0.717) is 17.7 Å². The highest BCUT2D eigenvalue weighted by Crippen LogP contribution is 2.29. The van der Waals surface area contributed by atoms with E-state index in [2.05, 4.69) is 10.6 Å². The number of nitrogens with one attached hydrogen (secondary N) is 2. The zero-order valence-electron chi connectivity index (χ0n) is 16.8. The van der Waals surface area contributed by atoms with Gasteiger partial charge in [0, 0.05) is 16.1 Å². The van der Waals surface area contributed by atoms with E-state index in [0.717, 1.165) is 10.5 Å². The summed E-state index contributed by atoms with van der Waals surface area (Å²) in [6, 6.07) is 20.8. The number of hydrogen-bond acceptors (Lipinski definition) is 3. The van der Waals surface area contributed by atoms with Crippen LogP contribution in [0.1, 0.15) is 29.3 Å². The van der Waals surface area contributed by atoms with Crippen molar-refractivity contribution in [2.75, 3.05) is 10.6 Å². The molecule has 0 radical (unpaired) electrons. The molecule has 154 valence electrons. The number of aryl methyl sites for hydroxylation is 1. The van der Waals surface area contributed by atoms with Crippen LogP contribution in [-0.2, 0) is 4.79 Å². The van der Waals surface area contributed by atoms with Crippen molar-refractivity contribution in [2.45, 2.75) is 30.4 Å². The van der Waals surface area contributed by atoms with Gasteiger partial charge in [-0.25, -0.2) is 4.39 Å². The Bertz CT molecular complexity index is 1040. The van der Waals surface area contributed by atoms with Crippen LogP contribution in [0, 0.1) is 12.7 Å². The number of thioether (sulfide) groups is 1. The summed E-state index contributed by atoms with van der Waals surface area (Å²) in [4.78, 5) is 25.9.